The van der Waals surface area contributed by atoms with Crippen LogP contribution in [-0.2, 0) is 9.53 Å². The van der Waals surface area contributed by atoms with Gasteiger partial charge in [-0.3, -0.25) is 4.79 Å². The lowest BCUT2D eigenvalue weighted by Crippen LogP contribution is -2.14. The number of carboxylic acid groups (broad SMARTS) is 1. The lowest BCUT2D eigenvalue weighted by atomic mass is 10.1. The van der Waals surface area contributed by atoms with Crippen molar-refractivity contribution in [2.24, 2.45) is 0 Å². The molecule has 0 spiro atoms. The number of carboxylic acids is 1. The minimum absolute atomic E-state index is 0.280. The first-order valence-corrected chi connectivity index (χ1v) is 5.60. The molecule has 0 aliphatic heterocycles. The summed E-state index contributed by atoms with van der Waals surface area (Å²) in [7, 11) is 1.52. The van der Waals surface area contributed by atoms with Crippen molar-refractivity contribution in [3.05, 3.63) is 30.0 Å². The minimum atomic E-state index is -1.11. The number of carbonyl (C=O) groups is 2. The number of aromatic amines is 1. The van der Waals surface area contributed by atoms with E-state index < -0.39 is 12.6 Å². The molecule has 0 amide bonds. The van der Waals surface area contributed by atoms with E-state index in [0.717, 1.165) is 5.52 Å². The van der Waals surface area contributed by atoms with Crippen LogP contribution in [-0.4, -0.2) is 42.2 Å². The Hall–Kier alpha value is -2.34. The molecule has 1 aromatic heterocycles. The van der Waals surface area contributed by atoms with Gasteiger partial charge in [0.05, 0.1) is 12.5 Å². The number of rotatable bonds is 6. The Kier molecular flexibility index (Phi) is 3.82. The molecule has 100 valence electrons. The van der Waals surface area contributed by atoms with Crippen LogP contribution in [0.3, 0.4) is 0 Å². The van der Waals surface area contributed by atoms with Crippen molar-refractivity contribution in [2.75, 3.05) is 20.3 Å². The highest BCUT2D eigenvalue weighted by Gasteiger charge is 2.16. The fourth-order valence-electron chi connectivity index (χ4n) is 1.85. The van der Waals surface area contributed by atoms with E-state index in [0.29, 0.717) is 16.7 Å². The van der Waals surface area contributed by atoms with Crippen molar-refractivity contribution in [1.82, 2.24) is 4.98 Å². The number of fused-ring (bicyclic) bond motifs is 1. The third-order valence-electron chi connectivity index (χ3n) is 2.65. The fourth-order valence-corrected chi connectivity index (χ4v) is 1.85. The number of nitrogens with one attached hydrogen (secondary N) is 1. The van der Waals surface area contributed by atoms with E-state index in [4.69, 9.17) is 14.6 Å². The number of aliphatic carboxylic acids is 1. The number of H-pyrrole nitrogens is 1. The van der Waals surface area contributed by atoms with Crippen molar-refractivity contribution in [2.45, 2.75) is 0 Å². The van der Waals surface area contributed by atoms with Gasteiger partial charge in [-0.1, -0.05) is 6.07 Å². The average Bonchev–Trinajstić information content (AvgIpc) is 2.81. The van der Waals surface area contributed by atoms with Crippen LogP contribution < -0.4 is 4.74 Å². The molecule has 1 aromatic carbocycles. The van der Waals surface area contributed by atoms with Crippen molar-refractivity contribution in [3.63, 3.8) is 0 Å². The number of ketones is 1. The number of benzene rings is 1. The summed E-state index contributed by atoms with van der Waals surface area (Å²) in [5.41, 5.74) is 1.21. The summed E-state index contributed by atoms with van der Waals surface area (Å²) in [5.74, 6) is -0.818. The number of hydrogen-bond acceptors (Lipinski definition) is 4. The van der Waals surface area contributed by atoms with Crippen LogP contribution in [0.1, 0.15) is 10.4 Å². The Bertz CT molecular complexity index is 617. The van der Waals surface area contributed by atoms with Gasteiger partial charge in [-0.25, -0.2) is 4.79 Å². The van der Waals surface area contributed by atoms with Crippen molar-refractivity contribution < 1.29 is 24.2 Å². The lowest BCUT2D eigenvalue weighted by Gasteiger charge is -2.04. The molecule has 0 radical (unpaired) electrons. The van der Waals surface area contributed by atoms with Gasteiger partial charge in [-0.15, -0.1) is 0 Å². The van der Waals surface area contributed by atoms with Gasteiger partial charge >= 0.3 is 5.97 Å². The number of carbonyl (C=O) groups excluding carboxylic acids is 1. The van der Waals surface area contributed by atoms with Crippen molar-refractivity contribution in [3.8, 4) is 5.75 Å². The lowest BCUT2D eigenvalue weighted by molar-refractivity contribution is -0.141. The monoisotopic (exact) mass is 263 g/mol. The number of aromatic nitrogens is 1. The highest BCUT2D eigenvalue weighted by atomic mass is 16.5. The molecule has 6 nitrogen and oxygen atoms in total. The molecule has 0 fully saturated rings. The zero-order valence-corrected chi connectivity index (χ0v) is 10.3. The van der Waals surface area contributed by atoms with Crippen LogP contribution in [0, 0.1) is 0 Å². The van der Waals surface area contributed by atoms with E-state index in [2.05, 4.69) is 4.98 Å². The standard InChI is InChI=1S/C13H13NO5/c1-18-11-4-2-3-9-13(11)8(5-14-9)10(15)6-19-7-12(16)17/h2-5,14H,6-7H2,1H3,(H,16,17). The Morgan fingerprint density at radius 2 is 2.11 bits per heavy atom. The highest BCUT2D eigenvalue weighted by Crippen LogP contribution is 2.28. The third-order valence-corrected chi connectivity index (χ3v) is 2.65. The fraction of sp³-hybridized carbons (Fsp3) is 0.231. The van der Waals surface area contributed by atoms with E-state index >= 15 is 0 Å². The molecule has 2 aromatic rings. The van der Waals surface area contributed by atoms with Gasteiger partial charge in [-0.05, 0) is 12.1 Å². The molecular weight excluding hydrogens is 250 g/mol. The molecule has 0 atom stereocenters. The zero-order chi connectivity index (χ0) is 13.8. The molecule has 19 heavy (non-hydrogen) atoms. The van der Waals surface area contributed by atoms with Crippen LogP contribution in [0.5, 0.6) is 5.75 Å². The summed E-state index contributed by atoms with van der Waals surface area (Å²) in [6.45, 7) is -0.775. The van der Waals surface area contributed by atoms with Crippen LogP contribution in [0.25, 0.3) is 10.9 Å². The van der Waals surface area contributed by atoms with Crippen molar-refractivity contribution in [1.29, 1.82) is 0 Å². The second kappa shape index (κ2) is 5.53. The Morgan fingerprint density at radius 1 is 1.32 bits per heavy atom. The Labute approximate surface area is 108 Å². The molecule has 0 unspecified atom stereocenters. The molecule has 2 N–H and O–H groups in total. The minimum Gasteiger partial charge on any atom is -0.496 e. The number of ether oxygens (including phenoxy) is 2. The third kappa shape index (κ3) is 2.74. The topological polar surface area (TPSA) is 88.6 Å². The van der Waals surface area contributed by atoms with Gasteiger partial charge in [-0.2, -0.15) is 0 Å². The largest absolute Gasteiger partial charge is 0.496 e. The Balaban J connectivity index is 2.24. The van der Waals surface area contributed by atoms with E-state index in [1.54, 1.807) is 12.3 Å². The first-order valence-electron chi connectivity index (χ1n) is 5.60. The molecule has 2 rings (SSSR count). The van der Waals surface area contributed by atoms with E-state index in [1.807, 2.05) is 12.1 Å². The summed E-state index contributed by atoms with van der Waals surface area (Å²) in [6, 6.07) is 5.39. The predicted octanol–water partition coefficient (Wildman–Crippen LogP) is 1.46. The van der Waals surface area contributed by atoms with Gasteiger partial charge in [0.15, 0.2) is 5.78 Å². The van der Waals surface area contributed by atoms with Crippen molar-refractivity contribution >= 4 is 22.7 Å². The van der Waals surface area contributed by atoms with Crippen LogP contribution >= 0.6 is 0 Å². The number of hydrogen-bond donors (Lipinski definition) is 2. The SMILES string of the molecule is COc1cccc2[nH]cc(C(=O)COCC(=O)O)c12. The normalized spacial score (nSPS) is 10.6. The van der Waals surface area contributed by atoms with E-state index in [-0.39, 0.29) is 12.4 Å². The average molecular weight is 263 g/mol. The molecule has 0 aliphatic carbocycles. The smallest absolute Gasteiger partial charge is 0.329 e. The number of Topliss-reactive ketones (excluding diaryl/α,β-unsaturated/α-hetero) is 1. The summed E-state index contributed by atoms with van der Waals surface area (Å²) in [5, 5.41) is 9.12. The van der Waals surface area contributed by atoms with Crippen LogP contribution in [0.4, 0.5) is 0 Å². The van der Waals surface area contributed by atoms with Crippen LogP contribution in [0.15, 0.2) is 24.4 Å². The van der Waals surface area contributed by atoms with Gasteiger partial charge in [0.2, 0.25) is 0 Å². The first kappa shape index (κ1) is 13.1. The first-order chi connectivity index (χ1) is 9.13. The van der Waals surface area contributed by atoms with E-state index in [9.17, 15) is 9.59 Å². The zero-order valence-electron chi connectivity index (χ0n) is 10.3. The Morgan fingerprint density at radius 3 is 2.79 bits per heavy atom. The second-order valence-electron chi connectivity index (χ2n) is 3.89. The quantitative estimate of drug-likeness (QED) is 0.770. The molecule has 0 bridgehead atoms. The maximum atomic E-state index is 12.0. The van der Waals surface area contributed by atoms with Gasteiger partial charge in [0.1, 0.15) is 19.0 Å². The maximum Gasteiger partial charge on any atom is 0.329 e. The number of methoxy groups -OCH3 is 1. The van der Waals surface area contributed by atoms with Gasteiger partial charge in [0.25, 0.3) is 0 Å². The van der Waals surface area contributed by atoms with Gasteiger partial charge < -0.3 is 19.6 Å². The molecule has 0 aliphatic rings. The molecular formula is C13H13NO5. The molecule has 1 heterocycles. The summed E-state index contributed by atoms with van der Waals surface area (Å²) >= 11 is 0. The highest BCUT2D eigenvalue weighted by molar-refractivity contribution is 6.10. The van der Waals surface area contributed by atoms with Crippen LogP contribution in [0.2, 0.25) is 0 Å². The van der Waals surface area contributed by atoms with Gasteiger partial charge in [0, 0.05) is 17.3 Å². The summed E-state index contributed by atoms with van der Waals surface area (Å²) in [4.78, 5) is 25.3. The maximum absolute atomic E-state index is 12.0. The molecule has 0 saturated carbocycles. The molecule has 6 heteroatoms. The summed E-state index contributed by atoms with van der Waals surface area (Å²) < 4.78 is 10.0. The predicted molar refractivity (Wildman–Crippen MR) is 67.6 cm³/mol. The summed E-state index contributed by atoms with van der Waals surface area (Å²) in [6.07, 6.45) is 1.57. The molecule has 0 saturated heterocycles. The van der Waals surface area contributed by atoms with E-state index in [1.165, 1.54) is 7.11 Å². The second-order valence-corrected chi connectivity index (χ2v) is 3.89.